The van der Waals surface area contributed by atoms with Gasteiger partial charge in [0.25, 0.3) is 0 Å². The molecule has 0 radical (unpaired) electrons. The molecule has 3 rings (SSSR count). The predicted octanol–water partition coefficient (Wildman–Crippen LogP) is 2.46. The van der Waals surface area contributed by atoms with E-state index in [2.05, 4.69) is 10.6 Å². The molecule has 0 saturated carbocycles. The lowest BCUT2D eigenvalue weighted by molar-refractivity contribution is -0.127. The molecule has 1 heterocycles. The van der Waals surface area contributed by atoms with Crippen molar-refractivity contribution in [2.45, 2.75) is 6.42 Å². The molecule has 2 N–H and O–H groups in total. The number of benzene rings is 2. The van der Waals surface area contributed by atoms with Crippen molar-refractivity contribution in [3.63, 3.8) is 0 Å². The van der Waals surface area contributed by atoms with Crippen LogP contribution in [0.5, 0.6) is 5.75 Å². The Morgan fingerprint density at radius 1 is 1.21 bits per heavy atom. The Kier molecular flexibility index (Phi) is 6.16. The third-order valence-electron chi connectivity index (χ3n) is 4.42. The highest BCUT2D eigenvalue weighted by Crippen LogP contribution is 2.27. The minimum absolute atomic E-state index is 0.112. The van der Waals surface area contributed by atoms with Crippen molar-refractivity contribution >= 4 is 40.7 Å². The van der Waals surface area contributed by atoms with E-state index in [1.54, 1.807) is 23.1 Å². The fourth-order valence-corrected chi connectivity index (χ4v) is 3.20. The predicted molar refractivity (Wildman–Crippen MR) is 107 cm³/mol. The van der Waals surface area contributed by atoms with Gasteiger partial charge in [-0.3, -0.25) is 14.4 Å². The number of nitrogens with one attached hydrogen (secondary N) is 2. The monoisotopic (exact) mass is 401 g/mol. The Hall–Kier alpha value is -3.06. The Morgan fingerprint density at radius 3 is 2.68 bits per heavy atom. The summed E-state index contributed by atoms with van der Waals surface area (Å²) in [6.07, 6.45) is 0.116. The number of anilines is 2. The number of hydrogen-bond acceptors (Lipinski definition) is 4. The first-order valence-electron chi connectivity index (χ1n) is 8.74. The van der Waals surface area contributed by atoms with Gasteiger partial charge in [0, 0.05) is 23.7 Å². The molecule has 3 amide bonds. The Labute approximate surface area is 167 Å². The van der Waals surface area contributed by atoms with E-state index in [1.807, 2.05) is 30.3 Å². The van der Waals surface area contributed by atoms with E-state index >= 15 is 0 Å². The minimum Gasteiger partial charge on any atom is -0.495 e. The highest BCUT2D eigenvalue weighted by Gasteiger charge is 2.35. The lowest BCUT2D eigenvalue weighted by Crippen LogP contribution is -2.38. The Morgan fingerprint density at radius 2 is 1.96 bits per heavy atom. The molecule has 0 bridgehead atoms. The van der Waals surface area contributed by atoms with Crippen LogP contribution >= 0.6 is 11.6 Å². The second kappa shape index (κ2) is 8.75. The number of halogens is 1. The van der Waals surface area contributed by atoms with Gasteiger partial charge in [0.1, 0.15) is 5.75 Å². The van der Waals surface area contributed by atoms with Crippen molar-refractivity contribution < 1.29 is 19.1 Å². The molecular formula is C20H20ClN3O4. The van der Waals surface area contributed by atoms with Gasteiger partial charge in [0.15, 0.2) is 0 Å². The maximum Gasteiger partial charge on any atom is 0.243 e. The zero-order valence-corrected chi connectivity index (χ0v) is 16.0. The largest absolute Gasteiger partial charge is 0.495 e. The first-order chi connectivity index (χ1) is 13.5. The van der Waals surface area contributed by atoms with Crippen molar-refractivity contribution in [3.05, 3.63) is 53.6 Å². The molecule has 0 aromatic heterocycles. The molecule has 28 heavy (non-hydrogen) atoms. The third kappa shape index (κ3) is 4.61. The summed E-state index contributed by atoms with van der Waals surface area (Å²) >= 11 is 5.94. The van der Waals surface area contributed by atoms with Crippen molar-refractivity contribution in [2.24, 2.45) is 5.92 Å². The van der Waals surface area contributed by atoms with Gasteiger partial charge in [0.05, 0.1) is 25.3 Å². The molecule has 0 unspecified atom stereocenters. The number of ether oxygens (including phenoxy) is 1. The van der Waals surface area contributed by atoms with Crippen molar-refractivity contribution in [1.29, 1.82) is 0 Å². The number of hydrogen-bond donors (Lipinski definition) is 2. The van der Waals surface area contributed by atoms with E-state index in [0.29, 0.717) is 23.0 Å². The number of carbonyl (C=O) groups is 3. The SMILES string of the molecule is COc1ccc(Cl)cc1NC(=O)CNC(=O)[C@@H]1CC(=O)N(c2ccccc2)C1. The van der Waals surface area contributed by atoms with Crippen molar-refractivity contribution in [2.75, 3.05) is 30.4 Å². The Bertz CT molecular complexity index is 888. The molecule has 7 nitrogen and oxygen atoms in total. The second-order valence-electron chi connectivity index (χ2n) is 6.35. The van der Waals surface area contributed by atoms with Gasteiger partial charge in [0.2, 0.25) is 17.7 Å². The molecule has 1 fully saturated rings. The summed E-state index contributed by atoms with van der Waals surface area (Å²) in [6.45, 7) is 0.0724. The summed E-state index contributed by atoms with van der Waals surface area (Å²) in [5.41, 5.74) is 1.18. The van der Waals surface area contributed by atoms with Gasteiger partial charge in [-0.25, -0.2) is 0 Å². The van der Waals surface area contributed by atoms with Crippen LogP contribution in [0.2, 0.25) is 5.02 Å². The lowest BCUT2D eigenvalue weighted by atomic mass is 10.1. The van der Waals surface area contributed by atoms with Gasteiger partial charge in [-0.1, -0.05) is 29.8 Å². The first kappa shape index (κ1) is 19.7. The summed E-state index contributed by atoms with van der Waals surface area (Å²) in [5, 5.41) is 5.69. The van der Waals surface area contributed by atoms with E-state index in [-0.39, 0.29) is 24.8 Å². The van der Waals surface area contributed by atoms with Crippen LogP contribution in [0.4, 0.5) is 11.4 Å². The lowest BCUT2D eigenvalue weighted by Gasteiger charge is -2.16. The molecule has 1 saturated heterocycles. The fourth-order valence-electron chi connectivity index (χ4n) is 3.02. The van der Waals surface area contributed by atoms with E-state index in [9.17, 15) is 14.4 Å². The average molecular weight is 402 g/mol. The van der Waals surface area contributed by atoms with Crippen LogP contribution in [0.3, 0.4) is 0 Å². The van der Waals surface area contributed by atoms with Crippen LogP contribution in [-0.2, 0) is 14.4 Å². The van der Waals surface area contributed by atoms with Crippen LogP contribution in [0.25, 0.3) is 0 Å². The maximum absolute atomic E-state index is 12.4. The van der Waals surface area contributed by atoms with Crippen LogP contribution < -0.4 is 20.3 Å². The van der Waals surface area contributed by atoms with Gasteiger partial charge in [-0.15, -0.1) is 0 Å². The quantitative estimate of drug-likeness (QED) is 0.778. The van der Waals surface area contributed by atoms with Crippen LogP contribution in [0, 0.1) is 5.92 Å². The van der Waals surface area contributed by atoms with E-state index in [4.69, 9.17) is 16.3 Å². The molecule has 0 aliphatic carbocycles. The van der Waals surface area contributed by atoms with Crippen LogP contribution in [0.1, 0.15) is 6.42 Å². The number of nitrogens with zero attached hydrogens (tertiary/aromatic N) is 1. The zero-order chi connectivity index (χ0) is 20.1. The highest BCUT2D eigenvalue weighted by atomic mass is 35.5. The summed E-state index contributed by atoms with van der Waals surface area (Å²) < 4.78 is 5.17. The molecule has 0 spiro atoms. The van der Waals surface area contributed by atoms with E-state index in [0.717, 1.165) is 5.69 Å². The molecule has 2 aromatic rings. The molecule has 1 aliphatic rings. The smallest absolute Gasteiger partial charge is 0.243 e. The standard InChI is InChI=1S/C20H20ClN3O4/c1-28-17-8-7-14(21)10-16(17)23-18(25)11-22-20(27)13-9-19(26)24(12-13)15-5-3-2-4-6-15/h2-8,10,13H,9,11-12H2,1H3,(H,22,27)(H,23,25)/t13-/m1/s1. The molecule has 8 heteroatoms. The topological polar surface area (TPSA) is 87.7 Å². The first-order valence-corrected chi connectivity index (χ1v) is 9.12. The number of methoxy groups -OCH3 is 1. The van der Waals surface area contributed by atoms with E-state index < -0.39 is 11.8 Å². The normalized spacial score (nSPS) is 16.0. The van der Waals surface area contributed by atoms with Gasteiger partial charge in [-0.2, -0.15) is 0 Å². The summed E-state index contributed by atoms with van der Waals surface area (Å²) in [6, 6.07) is 14.0. The van der Waals surface area contributed by atoms with Gasteiger partial charge in [-0.05, 0) is 30.3 Å². The van der Waals surface area contributed by atoms with Crippen LogP contribution in [-0.4, -0.2) is 37.9 Å². The average Bonchev–Trinajstić information content (AvgIpc) is 3.09. The fraction of sp³-hybridized carbons (Fsp3) is 0.250. The summed E-state index contributed by atoms with van der Waals surface area (Å²) in [7, 11) is 1.48. The summed E-state index contributed by atoms with van der Waals surface area (Å²) in [4.78, 5) is 38.3. The van der Waals surface area contributed by atoms with Crippen molar-refractivity contribution in [1.82, 2.24) is 5.32 Å². The number of para-hydroxylation sites is 1. The third-order valence-corrected chi connectivity index (χ3v) is 4.66. The number of amides is 3. The molecule has 2 aromatic carbocycles. The maximum atomic E-state index is 12.4. The zero-order valence-electron chi connectivity index (χ0n) is 15.3. The van der Waals surface area contributed by atoms with Crippen molar-refractivity contribution in [3.8, 4) is 5.75 Å². The van der Waals surface area contributed by atoms with Gasteiger partial charge < -0.3 is 20.3 Å². The number of carbonyl (C=O) groups excluding carboxylic acids is 3. The van der Waals surface area contributed by atoms with E-state index in [1.165, 1.54) is 7.11 Å². The number of rotatable bonds is 6. The van der Waals surface area contributed by atoms with Crippen LogP contribution in [0.15, 0.2) is 48.5 Å². The second-order valence-corrected chi connectivity index (χ2v) is 6.79. The molecule has 146 valence electrons. The molecule has 1 atom stereocenters. The van der Waals surface area contributed by atoms with Gasteiger partial charge >= 0.3 is 0 Å². The Balaban J connectivity index is 1.54. The molecule has 1 aliphatic heterocycles. The minimum atomic E-state index is -0.499. The summed E-state index contributed by atoms with van der Waals surface area (Å²) in [5.74, 6) is -0.900. The highest BCUT2D eigenvalue weighted by molar-refractivity contribution is 6.31. The molecular weight excluding hydrogens is 382 g/mol.